The minimum atomic E-state index is -4.06. The Bertz CT molecular complexity index is 746. The van der Waals surface area contributed by atoms with E-state index in [0.29, 0.717) is 24.1 Å². The molecule has 0 saturated carbocycles. The first-order valence-corrected chi connectivity index (χ1v) is 16.5. The van der Waals surface area contributed by atoms with E-state index in [4.69, 9.17) is 18.5 Å². The number of aryl methyl sites for hydroxylation is 1. The van der Waals surface area contributed by atoms with Crippen LogP contribution in [0.1, 0.15) is 76.2 Å². The van der Waals surface area contributed by atoms with E-state index in [1.165, 1.54) is 73.3 Å². The molecule has 7 nitrogen and oxygen atoms in total. The molecule has 1 aromatic rings. The topological polar surface area (TPSA) is 74.2 Å². The molecule has 1 N–H and O–H groups in total. The Kier molecular flexibility index (Phi) is 19.6. The van der Waals surface area contributed by atoms with E-state index in [1.807, 2.05) is 21.1 Å². The van der Waals surface area contributed by atoms with Gasteiger partial charge in [0.1, 0.15) is 13.2 Å². The Labute approximate surface area is 239 Å². The molecule has 37 heavy (non-hydrogen) atoms. The van der Waals surface area contributed by atoms with Gasteiger partial charge in [0, 0.05) is 23.9 Å². The van der Waals surface area contributed by atoms with Crippen molar-refractivity contribution < 1.29 is 32.5 Å². The molecule has 0 aliphatic carbocycles. The van der Waals surface area contributed by atoms with E-state index >= 15 is 0 Å². The number of ether oxygens (including phenoxy) is 2. The Hall–Kier alpha value is -0.0600. The van der Waals surface area contributed by atoms with E-state index in [2.05, 4.69) is 46.9 Å². The zero-order valence-corrected chi connectivity index (χ0v) is 26.7. The van der Waals surface area contributed by atoms with Crippen molar-refractivity contribution in [2.24, 2.45) is 0 Å². The van der Waals surface area contributed by atoms with Crippen molar-refractivity contribution in [1.82, 2.24) is 0 Å². The molecule has 0 aliphatic heterocycles. The summed E-state index contributed by atoms with van der Waals surface area (Å²) in [5.41, 5.74) is 1.47. The second kappa shape index (κ2) is 20.8. The van der Waals surface area contributed by atoms with Gasteiger partial charge >= 0.3 is 7.82 Å². The number of methoxy groups -OCH3 is 1. The van der Waals surface area contributed by atoms with Crippen LogP contribution < -0.4 is 0 Å². The highest BCUT2D eigenvalue weighted by molar-refractivity contribution is 14.1. The van der Waals surface area contributed by atoms with Crippen molar-refractivity contribution in [3.8, 4) is 0 Å². The zero-order chi connectivity index (χ0) is 27.4. The molecule has 0 aromatic heterocycles. The van der Waals surface area contributed by atoms with Gasteiger partial charge in [-0.3, -0.25) is 9.05 Å². The molecule has 0 radical (unpaired) electrons. The molecule has 2 unspecified atom stereocenters. The Morgan fingerprint density at radius 3 is 2.11 bits per heavy atom. The molecule has 0 amide bonds. The van der Waals surface area contributed by atoms with Gasteiger partial charge in [0.05, 0.1) is 33.9 Å². The van der Waals surface area contributed by atoms with Gasteiger partial charge < -0.3 is 18.9 Å². The fraction of sp³-hybridized carbons (Fsp3) is 0.786. The Morgan fingerprint density at radius 1 is 0.892 bits per heavy atom. The monoisotopic (exact) mass is 654 g/mol. The number of hydrogen-bond donors (Lipinski definition) is 1. The van der Waals surface area contributed by atoms with Crippen molar-refractivity contribution in [1.29, 1.82) is 0 Å². The van der Waals surface area contributed by atoms with Gasteiger partial charge in [-0.2, -0.15) is 0 Å². The molecular weight excluding hydrogens is 602 g/mol. The molecule has 9 heteroatoms. The summed E-state index contributed by atoms with van der Waals surface area (Å²) >= 11 is 2.38. The number of phosphoric ester groups is 1. The number of nitrogens with zero attached hydrogens (tertiary/aromatic N) is 1. The predicted molar refractivity (Wildman–Crippen MR) is 160 cm³/mol. The van der Waals surface area contributed by atoms with Gasteiger partial charge in [0.2, 0.25) is 0 Å². The summed E-state index contributed by atoms with van der Waals surface area (Å²) in [6.07, 6.45) is 14.4. The number of rotatable bonds is 24. The van der Waals surface area contributed by atoms with Gasteiger partial charge in [0.15, 0.2) is 0 Å². The maximum Gasteiger partial charge on any atom is 0.472 e. The van der Waals surface area contributed by atoms with E-state index in [-0.39, 0.29) is 19.3 Å². The lowest BCUT2D eigenvalue weighted by Crippen LogP contribution is -2.37. The summed E-state index contributed by atoms with van der Waals surface area (Å²) in [5.74, 6) is 0. The number of benzene rings is 1. The summed E-state index contributed by atoms with van der Waals surface area (Å²) in [6.45, 7) is 2.07. The predicted octanol–water partition coefficient (Wildman–Crippen LogP) is 7.00. The van der Waals surface area contributed by atoms with Crippen molar-refractivity contribution >= 4 is 30.4 Å². The Morgan fingerprint density at radius 2 is 1.51 bits per heavy atom. The van der Waals surface area contributed by atoms with Crippen molar-refractivity contribution in [2.75, 3.05) is 61.2 Å². The second-order valence-electron chi connectivity index (χ2n) is 10.8. The molecule has 1 rings (SSSR count). The fourth-order valence-electron chi connectivity index (χ4n) is 3.87. The summed E-state index contributed by atoms with van der Waals surface area (Å²) in [6, 6.07) is 8.84. The van der Waals surface area contributed by atoms with Crippen LogP contribution in [0.15, 0.2) is 24.3 Å². The van der Waals surface area contributed by atoms with Crippen LogP contribution in [0.3, 0.4) is 0 Å². The van der Waals surface area contributed by atoms with Crippen LogP contribution in [0.2, 0.25) is 0 Å². The average Bonchev–Trinajstić information content (AvgIpc) is 2.82. The number of hydrogen-bond acceptors (Lipinski definition) is 5. The molecule has 0 fully saturated rings. The van der Waals surface area contributed by atoms with Gasteiger partial charge in [-0.15, -0.1) is 0 Å². The largest absolute Gasteiger partial charge is 0.472 e. The minimum absolute atomic E-state index is 0.00443. The number of likely N-dealkylation sites (N-methyl/N-ethyl adjacent to an activating group) is 1. The molecule has 0 bridgehead atoms. The summed E-state index contributed by atoms with van der Waals surface area (Å²) < 4.78 is 35.2. The van der Waals surface area contributed by atoms with E-state index in [0.717, 1.165) is 13.0 Å². The highest BCUT2D eigenvalue weighted by Gasteiger charge is 2.24. The molecule has 2 atom stereocenters. The second-order valence-corrected chi connectivity index (χ2v) is 13.5. The van der Waals surface area contributed by atoms with Crippen LogP contribution in [0.4, 0.5) is 0 Å². The van der Waals surface area contributed by atoms with Crippen LogP contribution in [0.5, 0.6) is 0 Å². The number of phosphoric acid groups is 1. The van der Waals surface area contributed by atoms with E-state index < -0.39 is 7.82 Å². The van der Waals surface area contributed by atoms with Crippen molar-refractivity contribution in [2.45, 2.75) is 83.2 Å². The third-order valence-corrected chi connectivity index (χ3v) is 7.91. The fourth-order valence-corrected chi connectivity index (χ4v) is 5.22. The first-order valence-electron chi connectivity index (χ1n) is 13.9. The highest BCUT2D eigenvalue weighted by Crippen LogP contribution is 2.43. The van der Waals surface area contributed by atoms with Gasteiger partial charge in [0.25, 0.3) is 0 Å². The van der Waals surface area contributed by atoms with Crippen LogP contribution in [0.25, 0.3) is 0 Å². The normalized spacial score (nSPS) is 14.5. The van der Waals surface area contributed by atoms with Gasteiger partial charge in [-0.25, -0.2) is 4.57 Å². The number of unbranched alkanes of at least 4 members (excludes halogenated alkanes) is 9. The molecule has 0 spiro atoms. The van der Waals surface area contributed by atoms with Crippen LogP contribution >= 0.6 is 30.4 Å². The molecular formula is C28H52INO6P+. The summed E-state index contributed by atoms with van der Waals surface area (Å²) in [4.78, 5) is 9.81. The standard InChI is InChI=1S/C28H51INO6P/c1-30(2,3)20-23-35-37(31,32)36-25-28(33-4)19-22-34-21-14-12-10-8-6-5-7-9-11-13-16-26-17-15-18-27(29)24-26/h15,17-18,24,28H,5-14,16,19-23,25H2,1-4H3/p+1/i29-2. The first-order chi connectivity index (χ1) is 17.6. The number of halogens is 1. The van der Waals surface area contributed by atoms with Crippen LogP contribution in [-0.2, 0) is 29.5 Å². The van der Waals surface area contributed by atoms with Gasteiger partial charge in [-0.1, -0.05) is 63.5 Å². The first kappa shape index (κ1) is 35.0. The van der Waals surface area contributed by atoms with Crippen molar-refractivity contribution in [3.05, 3.63) is 33.4 Å². The minimum Gasteiger partial charge on any atom is -0.381 e. The maximum atomic E-state index is 12.0. The summed E-state index contributed by atoms with van der Waals surface area (Å²) in [5, 5.41) is 0. The third-order valence-electron chi connectivity index (χ3n) is 6.25. The molecule has 1 aromatic carbocycles. The lowest BCUT2D eigenvalue weighted by Gasteiger charge is -2.24. The third kappa shape index (κ3) is 21.4. The van der Waals surface area contributed by atoms with E-state index in [9.17, 15) is 9.46 Å². The van der Waals surface area contributed by atoms with Crippen LogP contribution in [-0.4, -0.2) is 76.7 Å². The lowest BCUT2D eigenvalue weighted by atomic mass is 10.0. The van der Waals surface area contributed by atoms with Crippen LogP contribution in [0, 0.1) is 3.57 Å². The quantitative estimate of drug-likeness (QED) is 0.0561. The molecule has 0 heterocycles. The van der Waals surface area contributed by atoms with Crippen molar-refractivity contribution in [3.63, 3.8) is 0 Å². The highest BCUT2D eigenvalue weighted by atomic mass is 125. The van der Waals surface area contributed by atoms with Gasteiger partial charge in [-0.05, 0) is 66.0 Å². The SMILES string of the molecule is COC(CCOCCCCCCCCCCCCc1cccc([125I])c1)COP(=O)(O)OCC[N+](C)(C)C. The number of quaternary nitrogens is 1. The average molecular weight is 655 g/mol. The molecule has 0 saturated heterocycles. The zero-order valence-electron chi connectivity index (χ0n) is 23.7. The maximum absolute atomic E-state index is 12.0. The molecule has 216 valence electrons. The summed E-state index contributed by atoms with van der Waals surface area (Å²) in [7, 11) is 3.48. The smallest absolute Gasteiger partial charge is 0.381 e. The van der Waals surface area contributed by atoms with E-state index in [1.54, 1.807) is 7.11 Å². The lowest BCUT2D eigenvalue weighted by molar-refractivity contribution is -0.870. The Balaban J connectivity index is 1.90. The molecule has 0 aliphatic rings.